The fraction of sp³-hybridized carbons (Fsp3) is 0.556. The second-order valence-corrected chi connectivity index (χ2v) is 6.85. The first kappa shape index (κ1) is 18.0. The molecule has 1 aromatic heterocycles. The molecule has 2 aromatic rings. The molecule has 2 atom stereocenters. The highest BCUT2D eigenvalue weighted by Crippen LogP contribution is 2.25. The second kappa shape index (κ2) is 7.59. The molecular formula is C18H25FN4O2. The highest BCUT2D eigenvalue weighted by Gasteiger charge is 2.28. The predicted octanol–water partition coefficient (Wildman–Crippen LogP) is 2.51. The molecule has 7 heteroatoms. The van der Waals surface area contributed by atoms with E-state index in [1.807, 2.05) is 21.0 Å². The number of likely N-dealkylation sites (N-methyl/N-ethyl adjacent to an activating group) is 1. The van der Waals surface area contributed by atoms with Gasteiger partial charge in [-0.15, -0.1) is 0 Å². The fourth-order valence-electron chi connectivity index (χ4n) is 3.02. The van der Waals surface area contributed by atoms with Crippen molar-refractivity contribution in [2.75, 3.05) is 40.3 Å². The van der Waals surface area contributed by atoms with Gasteiger partial charge in [0, 0.05) is 25.2 Å². The summed E-state index contributed by atoms with van der Waals surface area (Å²) in [5, 5.41) is 4.02. The summed E-state index contributed by atoms with van der Waals surface area (Å²) in [4.78, 5) is 8.88. The third-order valence-corrected chi connectivity index (χ3v) is 4.52. The van der Waals surface area contributed by atoms with Gasteiger partial charge in [0.2, 0.25) is 11.7 Å². The van der Waals surface area contributed by atoms with Gasteiger partial charge in [0.25, 0.3) is 0 Å². The molecule has 0 bridgehead atoms. The molecule has 3 rings (SSSR count). The Morgan fingerprint density at radius 1 is 1.40 bits per heavy atom. The van der Waals surface area contributed by atoms with E-state index in [2.05, 4.69) is 19.9 Å². The van der Waals surface area contributed by atoms with Gasteiger partial charge >= 0.3 is 0 Å². The van der Waals surface area contributed by atoms with Gasteiger partial charge in [0.15, 0.2) is 0 Å². The van der Waals surface area contributed by atoms with E-state index in [1.54, 1.807) is 19.1 Å². The van der Waals surface area contributed by atoms with Crippen molar-refractivity contribution in [2.45, 2.75) is 26.0 Å². The van der Waals surface area contributed by atoms with Gasteiger partial charge in [0.1, 0.15) is 5.82 Å². The molecule has 6 nitrogen and oxygen atoms in total. The fourth-order valence-corrected chi connectivity index (χ4v) is 3.02. The molecule has 0 saturated carbocycles. The first-order valence-electron chi connectivity index (χ1n) is 8.54. The summed E-state index contributed by atoms with van der Waals surface area (Å²) in [5.74, 6) is 0.692. The van der Waals surface area contributed by atoms with Crippen LogP contribution in [-0.2, 0) is 4.74 Å². The van der Waals surface area contributed by atoms with Crippen LogP contribution in [0.2, 0.25) is 0 Å². The molecule has 0 amide bonds. The van der Waals surface area contributed by atoms with E-state index in [1.165, 1.54) is 6.07 Å². The minimum absolute atomic E-state index is 0.00916. The Kier molecular flexibility index (Phi) is 5.46. The number of aryl methyl sites for hydroxylation is 1. The van der Waals surface area contributed by atoms with Gasteiger partial charge in [-0.1, -0.05) is 17.3 Å². The van der Waals surface area contributed by atoms with E-state index in [4.69, 9.17) is 9.26 Å². The molecule has 1 aliphatic rings. The molecule has 136 valence electrons. The van der Waals surface area contributed by atoms with Gasteiger partial charge in [0.05, 0.1) is 18.8 Å². The Morgan fingerprint density at radius 3 is 2.92 bits per heavy atom. The number of aromatic nitrogens is 2. The molecule has 2 heterocycles. The molecule has 0 aliphatic carbocycles. The van der Waals surface area contributed by atoms with Crippen molar-refractivity contribution in [1.29, 1.82) is 0 Å². The van der Waals surface area contributed by atoms with Crippen molar-refractivity contribution in [3.05, 3.63) is 35.5 Å². The lowest BCUT2D eigenvalue weighted by molar-refractivity contribution is -0.0533. The summed E-state index contributed by atoms with van der Waals surface area (Å²) in [6.07, 6.45) is 0.166. The zero-order chi connectivity index (χ0) is 18.0. The van der Waals surface area contributed by atoms with E-state index in [-0.39, 0.29) is 18.0 Å². The Balaban J connectivity index is 1.71. The number of ether oxygens (including phenoxy) is 1. The predicted molar refractivity (Wildman–Crippen MR) is 92.7 cm³/mol. The first-order chi connectivity index (χ1) is 11.9. The molecule has 25 heavy (non-hydrogen) atoms. The Bertz CT molecular complexity index is 719. The zero-order valence-corrected chi connectivity index (χ0v) is 15.2. The lowest BCUT2D eigenvalue weighted by Gasteiger charge is -2.36. The van der Waals surface area contributed by atoms with Crippen LogP contribution in [0.15, 0.2) is 22.7 Å². The van der Waals surface area contributed by atoms with E-state index < -0.39 is 0 Å². The van der Waals surface area contributed by atoms with Crippen molar-refractivity contribution < 1.29 is 13.7 Å². The van der Waals surface area contributed by atoms with Gasteiger partial charge in [-0.25, -0.2) is 4.39 Å². The number of morpholine rings is 1. The van der Waals surface area contributed by atoms with Crippen LogP contribution < -0.4 is 0 Å². The third kappa shape index (κ3) is 4.23. The number of hydrogen-bond acceptors (Lipinski definition) is 6. The van der Waals surface area contributed by atoms with Gasteiger partial charge in [-0.2, -0.15) is 4.98 Å². The van der Waals surface area contributed by atoms with Crippen molar-refractivity contribution in [1.82, 2.24) is 19.9 Å². The maximum atomic E-state index is 13.8. The smallest absolute Gasteiger partial charge is 0.244 e. The minimum Gasteiger partial charge on any atom is -0.374 e. The van der Waals surface area contributed by atoms with Gasteiger partial charge < -0.3 is 14.2 Å². The largest absolute Gasteiger partial charge is 0.374 e. The Morgan fingerprint density at radius 2 is 2.20 bits per heavy atom. The van der Waals surface area contributed by atoms with Crippen LogP contribution >= 0.6 is 0 Å². The van der Waals surface area contributed by atoms with E-state index in [0.29, 0.717) is 29.4 Å². The molecule has 0 unspecified atom stereocenters. The molecule has 0 radical (unpaired) electrons. The number of nitrogens with zero attached hydrogens (tertiary/aromatic N) is 4. The minimum atomic E-state index is -0.267. The standard InChI is InChI=1S/C18H25FN4O2/c1-12-5-6-14(9-16(12)19)17-20-18(25-21-17)13(2)23-7-8-24-15(11-23)10-22(3)4/h5-6,9,13,15H,7-8,10-11H2,1-4H3/t13-,15+/m1/s1. The van der Waals surface area contributed by atoms with Gasteiger partial charge in [-0.3, -0.25) is 4.90 Å². The quantitative estimate of drug-likeness (QED) is 0.828. The molecular weight excluding hydrogens is 323 g/mol. The molecule has 0 spiro atoms. The van der Waals surface area contributed by atoms with Crippen LogP contribution in [-0.4, -0.2) is 66.4 Å². The van der Waals surface area contributed by atoms with Crippen LogP contribution in [0.1, 0.15) is 24.4 Å². The average molecular weight is 348 g/mol. The third-order valence-electron chi connectivity index (χ3n) is 4.52. The van der Waals surface area contributed by atoms with Crippen LogP contribution in [0, 0.1) is 12.7 Å². The highest BCUT2D eigenvalue weighted by molar-refractivity contribution is 5.54. The average Bonchev–Trinajstić information content (AvgIpc) is 3.06. The summed E-state index contributed by atoms with van der Waals surface area (Å²) in [6, 6.07) is 4.96. The van der Waals surface area contributed by atoms with Crippen LogP contribution in [0.4, 0.5) is 4.39 Å². The SMILES string of the molecule is Cc1ccc(-c2noc([C@@H](C)N3CCO[C@@H](CN(C)C)C3)n2)cc1F. The summed E-state index contributed by atoms with van der Waals surface area (Å²) < 4.78 is 25.0. The number of benzene rings is 1. The summed E-state index contributed by atoms with van der Waals surface area (Å²) in [6.45, 7) is 6.97. The zero-order valence-electron chi connectivity index (χ0n) is 15.2. The normalized spacial score (nSPS) is 20.2. The van der Waals surface area contributed by atoms with Crippen LogP contribution in [0.5, 0.6) is 0 Å². The van der Waals surface area contributed by atoms with Crippen molar-refractivity contribution in [2.24, 2.45) is 0 Å². The highest BCUT2D eigenvalue weighted by atomic mass is 19.1. The maximum Gasteiger partial charge on any atom is 0.244 e. The van der Waals surface area contributed by atoms with E-state index in [0.717, 1.165) is 19.6 Å². The van der Waals surface area contributed by atoms with Crippen LogP contribution in [0.25, 0.3) is 11.4 Å². The van der Waals surface area contributed by atoms with Crippen molar-refractivity contribution >= 4 is 0 Å². The summed E-state index contributed by atoms with van der Waals surface area (Å²) >= 11 is 0. The number of rotatable bonds is 5. The molecule has 1 saturated heterocycles. The lowest BCUT2D eigenvalue weighted by atomic mass is 10.1. The summed E-state index contributed by atoms with van der Waals surface area (Å²) in [5.41, 5.74) is 1.22. The van der Waals surface area contributed by atoms with Gasteiger partial charge in [-0.05, 0) is 39.6 Å². The monoisotopic (exact) mass is 348 g/mol. The topological polar surface area (TPSA) is 54.6 Å². The molecule has 1 aromatic carbocycles. The van der Waals surface area contributed by atoms with Crippen molar-refractivity contribution in [3.63, 3.8) is 0 Å². The maximum absolute atomic E-state index is 13.8. The number of halogens is 1. The second-order valence-electron chi connectivity index (χ2n) is 6.85. The summed E-state index contributed by atoms with van der Waals surface area (Å²) in [7, 11) is 4.08. The first-order valence-corrected chi connectivity index (χ1v) is 8.54. The molecule has 0 N–H and O–H groups in total. The van der Waals surface area contributed by atoms with E-state index in [9.17, 15) is 4.39 Å². The van der Waals surface area contributed by atoms with E-state index >= 15 is 0 Å². The van der Waals surface area contributed by atoms with Crippen molar-refractivity contribution in [3.8, 4) is 11.4 Å². The molecule has 1 aliphatic heterocycles. The Labute approximate surface area is 147 Å². The molecule has 1 fully saturated rings. The lowest BCUT2D eigenvalue weighted by Crippen LogP contribution is -2.47. The number of hydrogen-bond donors (Lipinski definition) is 0. The Hall–Kier alpha value is -1.83. The van der Waals surface area contributed by atoms with Crippen LogP contribution in [0.3, 0.4) is 0 Å².